The van der Waals surface area contributed by atoms with Crippen molar-refractivity contribution in [2.45, 2.75) is 0 Å². The van der Waals surface area contributed by atoms with Crippen molar-refractivity contribution < 1.29 is 8.83 Å². The standard InChI is InChI=1S/C59H37N3O.C53H33N3O/c1-4-17-38(18-5-1)41-23-14-25-43(33-41)51-37-52(44-26-15-24-42(34-44)39-19-6-2-7-20-39)62-59(61-51)46-28-16-27-45(35-46)58-49-36-54-57(48-30-11-13-32-53(48)63-54)55(40-21-8-3-9-22-40)56(49)47-29-10-12-31-50(47)60-58;1-4-16-34(17-5-1)37-22-14-23-38(30-37)46-33-45(35-18-6-2-7-19-35)55-53(56-46)40-25-15-24-39(31-40)52-43-32-48-51(42-27-11-13-29-47(42)57-48)49(36-20-8-3-9-21-36)50(43)41-26-10-12-28-44(41)54-52/h1-37H;1-33H. The number of aromatic nitrogens is 6. The molecule has 120 heavy (non-hydrogen) atoms. The molecular formula is C112H70N6O2. The third-order valence-electron chi connectivity index (χ3n) is 22.9. The van der Waals surface area contributed by atoms with Crippen molar-refractivity contribution in [3.63, 3.8) is 0 Å². The smallest absolute Gasteiger partial charge is 0.160 e. The SMILES string of the molecule is c1ccc(-c2cccc(-c3cc(-c4cccc(-c5ccccc5)c4)nc(-c4cccc(-c5nc6ccccc6c6c(-c7ccccc7)c7c(cc56)oc5ccccc57)c4)n3)c2)cc1.c1ccc(-c2cccc(-c3cc(-c4ccccc4)nc(-c4cccc(-c5nc6ccccc6c6c(-c7ccccc7)c7c(cc56)oc5ccccc57)c4)n3)c2)cc1. The van der Waals surface area contributed by atoms with E-state index >= 15 is 0 Å². The van der Waals surface area contributed by atoms with Crippen molar-refractivity contribution in [2.24, 2.45) is 0 Å². The lowest BCUT2D eigenvalue weighted by Gasteiger charge is -2.16. The molecule has 23 aromatic rings. The Morgan fingerprint density at radius 3 is 0.783 bits per heavy atom. The number of fused-ring (bicyclic) bond motifs is 12. The van der Waals surface area contributed by atoms with Crippen LogP contribution in [0.2, 0.25) is 0 Å². The molecule has 0 bridgehead atoms. The van der Waals surface area contributed by atoms with E-state index in [1.54, 1.807) is 0 Å². The molecule has 6 aromatic heterocycles. The summed E-state index contributed by atoms with van der Waals surface area (Å²) in [5, 5.41) is 10.9. The topological polar surface area (TPSA) is 104 Å². The van der Waals surface area contributed by atoms with Crippen LogP contribution in [0.15, 0.2) is 433 Å². The number of hydrogen-bond acceptors (Lipinski definition) is 8. The number of benzene rings is 17. The Bertz CT molecular complexity index is 7790. The number of pyridine rings is 2. The molecule has 560 valence electrons. The van der Waals surface area contributed by atoms with Crippen LogP contribution in [0, 0.1) is 0 Å². The monoisotopic (exact) mass is 1530 g/mol. The third kappa shape index (κ3) is 13.0. The second-order valence-corrected chi connectivity index (χ2v) is 30.3. The van der Waals surface area contributed by atoms with E-state index in [1.165, 1.54) is 0 Å². The number of rotatable bonds is 13. The number of nitrogens with zero attached hydrogens (tertiary/aromatic N) is 6. The van der Waals surface area contributed by atoms with Crippen molar-refractivity contribution >= 4 is 87.2 Å². The van der Waals surface area contributed by atoms with Gasteiger partial charge in [0.25, 0.3) is 0 Å². The minimum absolute atomic E-state index is 0.634. The van der Waals surface area contributed by atoms with Crippen LogP contribution in [0.25, 0.3) is 233 Å². The summed E-state index contributed by atoms with van der Waals surface area (Å²) in [5.74, 6) is 1.28. The molecule has 0 amide bonds. The minimum atomic E-state index is 0.634. The van der Waals surface area contributed by atoms with E-state index in [9.17, 15) is 0 Å². The van der Waals surface area contributed by atoms with Crippen LogP contribution in [0.5, 0.6) is 0 Å². The minimum Gasteiger partial charge on any atom is -0.456 e. The predicted octanol–water partition coefficient (Wildman–Crippen LogP) is 29.8. The second-order valence-electron chi connectivity index (χ2n) is 30.3. The van der Waals surface area contributed by atoms with Crippen LogP contribution in [-0.4, -0.2) is 29.9 Å². The first-order valence-corrected chi connectivity index (χ1v) is 40.4. The molecule has 0 spiro atoms. The van der Waals surface area contributed by atoms with Gasteiger partial charge in [0.15, 0.2) is 11.6 Å². The fourth-order valence-corrected chi connectivity index (χ4v) is 17.3. The molecule has 17 aromatic carbocycles. The number of furan rings is 2. The highest BCUT2D eigenvalue weighted by Gasteiger charge is 2.26. The lowest BCUT2D eigenvalue weighted by Crippen LogP contribution is -1.97. The maximum absolute atomic E-state index is 6.65. The van der Waals surface area contributed by atoms with Crippen molar-refractivity contribution in [3.8, 4) is 146 Å². The van der Waals surface area contributed by atoms with Gasteiger partial charge in [-0.1, -0.05) is 346 Å². The zero-order chi connectivity index (χ0) is 79.4. The maximum atomic E-state index is 6.65. The summed E-state index contributed by atoms with van der Waals surface area (Å²) in [6.45, 7) is 0. The molecule has 0 fully saturated rings. The van der Waals surface area contributed by atoms with Crippen LogP contribution >= 0.6 is 0 Å². The predicted molar refractivity (Wildman–Crippen MR) is 495 cm³/mol. The van der Waals surface area contributed by atoms with E-state index in [1.807, 2.05) is 60.7 Å². The highest BCUT2D eigenvalue weighted by molar-refractivity contribution is 6.29. The average molecular weight is 1530 g/mol. The summed E-state index contributed by atoms with van der Waals surface area (Å²) in [5.41, 5.74) is 29.6. The van der Waals surface area contributed by atoms with Gasteiger partial charge in [-0.15, -0.1) is 0 Å². The Labute approximate surface area is 692 Å². The largest absolute Gasteiger partial charge is 0.456 e. The molecule has 0 N–H and O–H groups in total. The lowest BCUT2D eigenvalue weighted by molar-refractivity contribution is 0.669. The van der Waals surface area contributed by atoms with Crippen LogP contribution in [0.3, 0.4) is 0 Å². The van der Waals surface area contributed by atoms with E-state index in [0.717, 1.165) is 222 Å². The van der Waals surface area contributed by atoms with Crippen molar-refractivity contribution in [3.05, 3.63) is 425 Å². The number of hydrogen-bond donors (Lipinski definition) is 0. The van der Waals surface area contributed by atoms with E-state index in [2.05, 4.69) is 364 Å². The molecule has 0 saturated heterocycles. The van der Waals surface area contributed by atoms with Crippen molar-refractivity contribution in [1.29, 1.82) is 0 Å². The van der Waals surface area contributed by atoms with Gasteiger partial charge in [-0.3, -0.25) is 0 Å². The summed E-state index contributed by atoms with van der Waals surface area (Å²) in [7, 11) is 0. The average Bonchev–Trinajstić information content (AvgIpc) is 1.47. The second kappa shape index (κ2) is 30.2. The Balaban J connectivity index is 0.000000145. The molecular weight excluding hydrogens is 1460 g/mol. The molecule has 0 aliphatic rings. The molecule has 6 heterocycles. The lowest BCUT2D eigenvalue weighted by atomic mass is 9.89. The molecule has 8 nitrogen and oxygen atoms in total. The van der Waals surface area contributed by atoms with Gasteiger partial charge in [-0.2, -0.15) is 0 Å². The van der Waals surface area contributed by atoms with Crippen LogP contribution in [-0.2, 0) is 0 Å². The van der Waals surface area contributed by atoms with Gasteiger partial charge in [0.1, 0.15) is 22.3 Å². The summed E-state index contributed by atoms with van der Waals surface area (Å²) in [4.78, 5) is 31.9. The Morgan fingerprint density at radius 2 is 0.417 bits per heavy atom. The first-order valence-electron chi connectivity index (χ1n) is 40.4. The van der Waals surface area contributed by atoms with Crippen molar-refractivity contribution in [1.82, 2.24) is 29.9 Å². The van der Waals surface area contributed by atoms with E-state index in [0.29, 0.717) is 11.6 Å². The summed E-state index contributed by atoms with van der Waals surface area (Å²) in [6, 6.07) is 148. The Hall–Kier alpha value is -16.2. The third-order valence-corrected chi connectivity index (χ3v) is 22.9. The van der Waals surface area contributed by atoms with Crippen LogP contribution < -0.4 is 0 Å². The highest BCUT2D eigenvalue weighted by atomic mass is 16.3. The van der Waals surface area contributed by atoms with Gasteiger partial charge in [0, 0.05) is 109 Å². The van der Waals surface area contributed by atoms with E-state index in [4.69, 9.17) is 38.7 Å². The quantitative estimate of drug-likeness (QED) is 0.105. The molecule has 0 aliphatic carbocycles. The van der Waals surface area contributed by atoms with Gasteiger partial charge < -0.3 is 8.83 Å². The van der Waals surface area contributed by atoms with Crippen molar-refractivity contribution in [2.75, 3.05) is 0 Å². The Kier molecular flexibility index (Phi) is 17.8. The van der Waals surface area contributed by atoms with Crippen LogP contribution in [0.1, 0.15) is 0 Å². The molecule has 0 radical (unpaired) electrons. The molecule has 8 heteroatoms. The summed E-state index contributed by atoms with van der Waals surface area (Å²) >= 11 is 0. The molecule has 0 aliphatic heterocycles. The summed E-state index contributed by atoms with van der Waals surface area (Å²) in [6.07, 6.45) is 0. The first-order chi connectivity index (χ1) is 59.5. The zero-order valence-electron chi connectivity index (χ0n) is 64.9. The Morgan fingerprint density at radius 1 is 0.150 bits per heavy atom. The molecule has 0 saturated carbocycles. The van der Waals surface area contributed by atoms with Crippen LogP contribution in [0.4, 0.5) is 0 Å². The zero-order valence-corrected chi connectivity index (χ0v) is 64.9. The fraction of sp³-hybridized carbons (Fsp3) is 0. The van der Waals surface area contributed by atoms with Gasteiger partial charge in [-0.05, 0) is 123 Å². The van der Waals surface area contributed by atoms with Gasteiger partial charge >= 0.3 is 0 Å². The van der Waals surface area contributed by atoms with Gasteiger partial charge in [0.2, 0.25) is 0 Å². The first kappa shape index (κ1) is 70.5. The molecule has 0 atom stereocenters. The number of para-hydroxylation sites is 4. The van der Waals surface area contributed by atoms with E-state index in [-0.39, 0.29) is 0 Å². The maximum Gasteiger partial charge on any atom is 0.160 e. The normalized spacial score (nSPS) is 11.5. The highest BCUT2D eigenvalue weighted by Crippen LogP contribution is 2.50. The molecule has 0 unspecified atom stereocenters. The fourth-order valence-electron chi connectivity index (χ4n) is 17.3. The van der Waals surface area contributed by atoms with Gasteiger partial charge in [-0.25, -0.2) is 29.9 Å². The summed E-state index contributed by atoms with van der Waals surface area (Å²) < 4.78 is 13.3. The molecule has 23 rings (SSSR count). The van der Waals surface area contributed by atoms with E-state index < -0.39 is 0 Å². The van der Waals surface area contributed by atoms with Gasteiger partial charge in [0.05, 0.1) is 45.2 Å².